The standard InChI is InChI=1S/C26H40N6O2/c1-5-8-14-31(15-9-6-2)24-12-11-21-25(30-24)32(16-10-13-27)26(29-21)28-19-17-22(33)20(7-3)23(18-19)34-4/h11-12,17-18,33H,5-10,13-16,27H2,1-4H3,(H,28,29). The minimum atomic E-state index is 0.205. The molecule has 0 fully saturated rings. The number of methoxy groups -OCH3 is 1. The fourth-order valence-corrected chi connectivity index (χ4v) is 4.13. The van der Waals surface area contributed by atoms with Gasteiger partial charge in [0.2, 0.25) is 5.95 Å². The average molecular weight is 469 g/mol. The van der Waals surface area contributed by atoms with Gasteiger partial charge in [0.15, 0.2) is 5.65 Å². The van der Waals surface area contributed by atoms with Crippen LogP contribution in [0.3, 0.4) is 0 Å². The molecular weight excluding hydrogens is 428 g/mol. The quantitative estimate of drug-likeness (QED) is 0.299. The Labute approximate surface area is 203 Å². The number of nitrogens with two attached hydrogens (primary N) is 1. The van der Waals surface area contributed by atoms with Crippen molar-refractivity contribution in [3.8, 4) is 11.5 Å². The second kappa shape index (κ2) is 12.5. The predicted molar refractivity (Wildman–Crippen MR) is 141 cm³/mol. The molecule has 3 rings (SSSR count). The van der Waals surface area contributed by atoms with Crippen LogP contribution in [-0.4, -0.2) is 46.4 Å². The molecule has 0 aliphatic heterocycles. The monoisotopic (exact) mass is 468 g/mol. The molecule has 8 nitrogen and oxygen atoms in total. The largest absolute Gasteiger partial charge is 0.507 e. The van der Waals surface area contributed by atoms with Gasteiger partial charge in [-0.15, -0.1) is 0 Å². The highest BCUT2D eigenvalue weighted by molar-refractivity contribution is 5.78. The van der Waals surface area contributed by atoms with Crippen LogP contribution in [0.15, 0.2) is 24.3 Å². The molecule has 2 heterocycles. The van der Waals surface area contributed by atoms with Gasteiger partial charge in [-0.3, -0.25) is 4.57 Å². The number of aryl methyl sites for hydroxylation is 1. The van der Waals surface area contributed by atoms with Crippen molar-refractivity contribution in [3.05, 3.63) is 29.8 Å². The van der Waals surface area contributed by atoms with Crippen molar-refractivity contribution in [1.29, 1.82) is 0 Å². The second-order valence-electron chi connectivity index (χ2n) is 8.59. The highest BCUT2D eigenvalue weighted by Gasteiger charge is 2.17. The van der Waals surface area contributed by atoms with Crippen molar-refractivity contribution >= 4 is 28.6 Å². The van der Waals surface area contributed by atoms with Crippen molar-refractivity contribution in [3.63, 3.8) is 0 Å². The van der Waals surface area contributed by atoms with Gasteiger partial charge in [0.1, 0.15) is 22.8 Å². The van der Waals surface area contributed by atoms with E-state index in [1.54, 1.807) is 13.2 Å². The number of hydrogen-bond acceptors (Lipinski definition) is 7. The lowest BCUT2D eigenvalue weighted by molar-refractivity contribution is 0.401. The first-order valence-corrected chi connectivity index (χ1v) is 12.5. The van der Waals surface area contributed by atoms with Crippen LogP contribution in [0, 0.1) is 0 Å². The number of rotatable bonds is 14. The van der Waals surface area contributed by atoms with Gasteiger partial charge in [-0.1, -0.05) is 33.6 Å². The van der Waals surface area contributed by atoms with Crippen molar-refractivity contribution < 1.29 is 9.84 Å². The molecule has 8 heteroatoms. The van der Waals surface area contributed by atoms with E-state index < -0.39 is 0 Å². The fourth-order valence-electron chi connectivity index (χ4n) is 4.13. The van der Waals surface area contributed by atoms with Crippen LogP contribution in [-0.2, 0) is 13.0 Å². The highest BCUT2D eigenvalue weighted by atomic mass is 16.5. The van der Waals surface area contributed by atoms with Gasteiger partial charge in [-0.05, 0) is 44.4 Å². The number of phenolic OH excluding ortho intramolecular Hbond substituents is 1. The van der Waals surface area contributed by atoms with E-state index in [0.717, 1.165) is 67.7 Å². The number of nitrogens with one attached hydrogen (secondary N) is 1. The Balaban J connectivity index is 2.01. The van der Waals surface area contributed by atoms with E-state index in [4.69, 9.17) is 20.4 Å². The molecule has 0 atom stereocenters. The Morgan fingerprint density at radius 2 is 1.79 bits per heavy atom. The number of hydrogen-bond donors (Lipinski definition) is 3. The Bertz CT molecular complexity index is 1060. The van der Waals surface area contributed by atoms with E-state index in [0.29, 0.717) is 36.9 Å². The third-order valence-corrected chi connectivity index (χ3v) is 6.07. The van der Waals surface area contributed by atoms with Gasteiger partial charge in [0.25, 0.3) is 0 Å². The van der Waals surface area contributed by atoms with Gasteiger partial charge in [0.05, 0.1) is 7.11 Å². The molecule has 3 aromatic rings. The predicted octanol–water partition coefficient (Wildman–Crippen LogP) is 5.21. The number of ether oxygens (including phenoxy) is 1. The van der Waals surface area contributed by atoms with E-state index in [9.17, 15) is 5.11 Å². The molecule has 0 radical (unpaired) electrons. The number of fused-ring (bicyclic) bond motifs is 1. The number of nitrogens with zero attached hydrogens (tertiary/aromatic N) is 4. The van der Waals surface area contributed by atoms with Crippen LogP contribution in [0.4, 0.5) is 17.5 Å². The maximum atomic E-state index is 10.5. The van der Waals surface area contributed by atoms with Crippen LogP contribution in [0.1, 0.15) is 58.4 Å². The molecule has 0 bridgehead atoms. The summed E-state index contributed by atoms with van der Waals surface area (Å²) in [5.74, 6) is 2.52. The van der Waals surface area contributed by atoms with Crippen LogP contribution < -0.4 is 20.7 Å². The molecule has 0 saturated carbocycles. The zero-order valence-corrected chi connectivity index (χ0v) is 21.1. The Hall–Kier alpha value is -3.00. The number of aromatic nitrogens is 3. The molecule has 186 valence electrons. The first-order chi connectivity index (χ1) is 16.6. The first-order valence-electron chi connectivity index (χ1n) is 12.5. The maximum Gasteiger partial charge on any atom is 0.209 e. The summed E-state index contributed by atoms with van der Waals surface area (Å²) in [6.45, 7) is 9.70. The van der Waals surface area contributed by atoms with Gasteiger partial charge in [-0.2, -0.15) is 0 Å². The lowest BCUT2D eigenvalue weighted by atomic mass is 10.1. The summed E-state index contributed by atoms with van der Waals surface area (Å²) in [7, 11) is 1.61. The molecule has 0 aliphatic rings. The van der Waals surface area contributed by atoms with E-state index in [-0.39, 0.29) is 5.75 Å². The zero-order valence-electron chi connectivity index (χ0n) is 21.1. The van der Waals surface area contributed by atoms with Crippen LogP contribution >= 0.6 is 0 Å². The molecule has 34 heavy (non-hydrogen) atoms. The van der Waals surface area contributed by atoms with Crippen LogP contribution in [0.5, 0.6) is 11.5 Å². The summed E-state index contributed by atoms with van der Waals surface area (Å²) >= 11 is 0. The lowest BCUT2D eigenvalue weighted by Crippen LogP contribution is -2.26. The van der Waals surface area contributed by atoms with E-state index >= 15 is 0 Å². The van der Waals surface area contributed by atoms with Crippen molar-refractivity contribution in [2.75, 3.05) is 37.0 Å². The molecule has 0 spiro atoms. The summed E-state index contributed by atoms with van der Waals surface area (Å²) in [6.07, 6.45) is 6.08. The number of pyridine rings is 1. The maximum absolute atomic E-state index is 10.5. The SMILES string of the molecule is CCCCN(CCCC)c1ccc2nc(Nc3cc(O)c(CC)c(OC)c3)n(CCCN)c2n1. The van der Waals surface area contributed by atoms with Gasteiger partial charge < -0.3 is 25.8 Å². The smallest absolute Gasteiger partial charge is 0.209 e. The van der Waals surface area contributed by atoms with E-state index in [2.05, 4.69) is 34.7 Å². The number of imidazole rings is 1. The number of phenols is 1. The Morgan fingerprint density at radius 1 is 1.06 bits per heavy atom. The van der Waals surface area contributed by atoms with E-state index in [1.807, 2.05) is 19.1 Å². The molecule has 0 saturated heterocycles. The summed E-state index contributed by atoms with van der Waals surface area (Å²) in [6, 6.07) is 7.72. The molecule has 1 aromatic carbocycles. The first kappa shape index (κ1) is 25.6. The highest BCUT2D eigenvalue weighted by Crippen LogP contribution is 2.34. The summed E-state index contributed by atoms with van der Waals surface area (Å²) < 4.78 is 7.58. The van der Waals surface area contributed by atoms with Crippen LogP contribution in [0.25, 0.3) is 11.2 Å². The second-order valence-corrected chi connectivity index (χ2v) is 8.59. The Morgan fingerprint density at radius 3 is 2.41 bits per heavy atom. The lowest BCUT2D eigenvalue weighted by Gasteiger charge is -2.23. The molecule has 4 N–H and O–H groups in total. The van der Waals surface area contributed by atoms with Gasteiger partial charge in [0, 0.05) is 43.0 Å². The topological polar surface area (TPSA) is 101 Å². The molecule has 0 unspecified atom stereocenters. The average Bonchev–Trinajstić information content (AvgIpc) is 3.18. The molecule has 0 amide bonds. The molecule has 0 aliphatic carbocycles. The fraction of sp³-hybridized carbons (Fsp3) is 0.538. The third kappa shape index (κ3) is 5.91. The summed E-state index contributed by atoms with van der Waals surface area (Å²) in [5, 5.41) is 13.9. The number of anilines is 3. The number of benzene rings is 1. The van der Waals surface area contributed by atoms with Gasteiger partial charge >= 0.3 is 0 Å². The summed E-state index contributed by atoms with van der Waals surface area (Å²) in [5.41, 5.74) is 9.01. The summed E-state index contributed by atoms with van der Waals surface area (Å²) in [4.78, 5) is 12.2. The normalized spacial score (nSPS) is 11.2. The number of unbranched alkanes of at least 4 members (excludes halogenated alkanes) is 2. The minimum absolute atomic E-state index is 0.205. The van der Waals surface area contributed by atoms with Gasteiger partial charge in [-0.25, -0.2) is 9.97 Å². The van der Waals surface area contributed by atoms with E-state index in [1.165, 1.54) is 0 Å². The molecular formula is C26H40N6O2. The number of aromatic hydroxyl groups is 1. The van der Waals surface area contributed by atoms with Crippen molar-refractivity contribution in [2.45, 2.75) is 65.8 Å². The zero-order chi connectivity index (χ0) is 24.5. The minimum Gasteiger partial charge on any atom is -0.507 e. The Kier molecular flexibility index (Phi) is 9.39. The van der Waals surface area contributed by atoms with Crippen molar-refractivity contribution in [1.82, 2.24) is 14.5 Å². The third-order valence-electron chi connectivity index (χ3n) is 6.07. The van der Waals surface area contributed by atoms with Crippen molar-refractivity contribution in [2.24, 2.45) is 5.73 Å². The van der Waals surface area contributed by atoms with Crippen LogP contribution in [0.2, 0.25) is 0 Å². The molecule has 2 aromatic heterocycles.